The fraction of sp³-hybridized carbons (Fsp3) is 0.0625. The summed E-state index contributed by atoms with van der Waals surface area (Å²) in [6.07, 6.45) is 1.88. The highest BCUT2D eigenvalue weighted by atomic mass is 14.7. The molecule has 0 unspecified atom stereocenters. The zero-order valence-electron chi connectivity index (χ0n) is 9.72. The molecule has 1 heteroatoms. The second-order valence-electron chi connectivity index (χ2n) is 4.25. The number of benzene rings is 2. The molecule has 3 rings (SSSR count). The van der Waals surface area contributed by atoms with Crippen LogP contribution in [0.5, 0.6) is 0 Å². The standard InChI is InChI=1S/C16H13N/c1-12-7-8-13-9-10-17-16(15(13)11-12)14-5-3-2-4-6-14/h2-11H,1H3. The fourth-order valence-electron chi connectivity index (χ4n) is 2.11. The molecular weight excluding hydrogens is 206 g/mol. The molecule has 17 heavy (non-hydrogen) atoms. The molecule has 1 heterocycles. The number of rotatable bonds is 1. The first-order chi connectivity index (χ1) is 8.34. The summed E-state index contributed by atoms with van der Waals surface area (Å²) in [6, 6.07) is 18.9. The largest absolute Gasteiger partial charge is 0.256 e. The highest BCUT2D eigenvalue weighted by Crippen LogP contribution is 2.26. The second kappa shape index (κ2) is 4.02. The van der Waals surface area contributed by atoms with Crippen LogP contribution in [0.25, 0.3) is 22.0 Å². The highest BCUT2D eigenvalue weighted by Gasteiger charge is 2.04. The van der Waals surface area contributed by atoms with Gasteiger partial charge in [0.1, 0.15) is 0 Å². The molecule has 1 nitrogen and oxygen atoms in total. The minimum absolute atomic E-state index is 1.06. The minimum Gasteiger partial charge on any atom is -0.256 e. The van der Waals surface area contributed by atoms with Gasteiger partial charge in [0.25, 0.3) is 0 Å². The molecular formula is C16H13N. The summed E-state index contributed by atoms with van der Waals surface area (Å²) in [7, 11) is 0. The molecule has 0 bridgehead atoms. The Labute approximate surface area is 101 Å². The number of aryl methyl sites for hydroxylation is 1. The molecule has 0 atom stereocenters. The lowest BCUT2D eigenvalue weighted by molar-refractivity contribution is 1.35. The Hall–Kier alpha value is -2.15. The van der Waals surface area contributed by atoms with Crippen LogP contribution in [0, 0.1) is 6.92 Å². The van der Waals surface area contributed by atoms with Crippen molar-refractivity contribution in [2.75, 3.05) is 0 Å². The van der Waals surface area contributed by atoms with Crippen LogP contribution in [-0.2, 0) is 0 Å². The van der Waals surface area contributed by atoms with Crippen LogP contribution < -0.4 is 0 Å². The molecule has 82 valence electrons. The number of hydrogen-bond acceptors (Lipinski definition) is 1. The summed E-state index contributed by atoms with van der Waals surface area (Å²) >= 11 is 0. The predicted octanol–water partition coefficient (Wildman–Crippen LogP) is 4.21. The van der Waals surface area contributed by atoms with Crippen LogP contribution in [-0.4, -0.2) is 4.98 Å². The van der Waals surface area contributed by atoms with Crippen molar-refractivity contribution in [1.29, 1.82) is 0 Å². The van der Waals surface area contributed by atoms with E-state index < -0.39 is 0 Å². The van der Waals surface area contributed by atoms with Gasteiger partial charge in [-0.25, -0.2) is 0 Å². The Morgan fingerprint density at radius 3 is 2.53 bits per heavy atom. The van der Waals surface area contributed by atoms with Gasteiger partial charge in [0.05, 0.1) is 5.69 Å². The van der Waals surface area contributed by atoms with Crippen molar-refractivity contribution in [3.05, 3.63) is 66.4 Å². The van der Waals surface area contributed by atoms with Crippen molar-refractivity contribution in [2.24, 2.45) is 0 Å². The normalized spacial score (nSPS) is 10.6. The van der Waals surface area contributed by atoms with Gasteiger partial charge < -0.3 is 0 Å². The van der Waals surface area contributed by atoms with Crippen LogP contribution in [0.3, 0.4) is 0 Å². The molecule has 0 amide bonds. The summed E-state index contributed by atoms with van der Waals surface area (Å²) in [5.74, 6) is 0. The Morgan fingerprint density at radius 2 is 1.71 bits per heavy atom. The van der Waals surface area contributed by atoms with Crippen molar-refractivity contribution in [2.45, 2.75) is 6.92 Å². The lowest BCUT2D eigenvalue weighted by atomic mass is 10.0. The summed E-state index contributed by atoms with van der Waals surface area (Å²) in [6.45, 7) is 2.11. The third kappa shape index (κ3) is 1.80. The summed E-state index contributed by atoms with van der Waals surface area (Å²) in [5, 5.41) is 2.46. The van der Waals surface area contributed by atoms with Gasteiger partial charge in [-0.3, -0.25) is 4.98 Å². The van der Waals surface area contributed by atoms with Gasteiger partial charge >= 0.3 is 0 Å². The highest BCUT2D eigenvalue weighted by molar-refractivity contribution is 5.94. The van der Waals surface area contributed by atoms with Gasteiger partial charge in [-0.1, -0.05) is 48.0 Å². The molecule has 2 aromatic carbocycles. The maximum atomic E-state index is 4.52. The Morgan fingerprint density at radius 1 is 0.882 bits per heavy atom. The number of aromatic nitrogens is 1. The number of hydrogen-bond donors (Lipinski definition) is 0. The minimum atomic E-state index is 1.06. The van der Waals surface area contributed by atoms with Crippen molar-refractivity contribution in [3.63, 3.8) is 0 Å². The predicted molar refractivity (Wildman–Crippen MR) is 71.9 cm³/mol. The fourth-order valence-corrected chi connectivity index (χ4v) is 2.11. The number of pyridine rings is 1. The lowest BCUT2D eigenvalue weighted by Gasteiger charge is -2.06. The molecule has 0 fully saturated rings. The van der Waals surface area contributed by atoms with Gasteiger partial charge in [0, 0.05) is 17.1 Å². The zero-order chi connectivity index (χ0) is 11.7. The van der Waals surface area contributed by atoms with E-state index >= 15 is 0 Å². The number of fused-ring (bicyclic) bond motifs is 1. The van der Waals surface area contributed by atoms with Gasteiger partial charge in [-0.2, -0.15) is 0 Å². The van der Waals surface area contributed by atoms with Crippen molar-refractivity contribution < 1.29 is 0 Å². The first-order valence-electron chi connectivity index (χ1n) is 5.75. The summed E-state index contributed by atoms with van der Waals surface area (Å²) < 4.78 is 0. The second-order valence-corrected chi connectivity index (χ2v) is 4.25. The zero-order valence-corrected chi connectivity index (χ0v) is 9.72. The van der Waals surface area contributed by atoms with E-state index in [9.17, 15) is 0 Å². The molecule has 0 aliphatic rings. The van der Waals surface area contributed by atoms with Gasteiger partial charge in [-0.05, 0) is 24.4 Å². The van der Waals surface area contributed by atoms with E-state index in [4.69, 9.17) is 0 Å². The third-order valence-electron chi connectivity index (χ3n) is 2.97. The average molecular weight is 219 g/mol. The lowest BCUT2D eigenvalue weighted by Crippen LogP contribution is -1.86. The van der Waals surface area contributed by atoms with Crippen molar-refractivity contribution in [3.8, 4) is 11.3 Å². The molecule has 0 aliphatic heterocycles. The summed E-state index contributed by atoms with van der Waals surface area (Å²) in [5.41, 5.74) is 3.50. The Kier molecular flexibility index (Phi) is 2.37. The van der Waals surface area contributed by atoms with Crippen molar-refractivity contribution in [1.82, 2.24) is 4.98 Å². The van der Waals surface area contributed by atoms with E-state index in [1.54, 1.807) is 0 Å². The first-order valence-corrected chi connectivity index (χ1v) is 5.75. The smallest absolute Gasteiger partial charge is 0.0780 e. The molecule has 0 N–H and O–H groups in total. The number of nitrogens with zero attached hydrogens (tertiary/aromatic N) is 1. The molecule has 0 saturated heterocycles. The topological polar surface area (TPSA) is 12.9 Å². The summed E-state index contributed by atoms with van der Waals surface area (Å²) in [4.78, 5) is 4.52. The average Bonchev–Trinajstić information content (AvgIpc) is 2.39. The van der Waals surface area contributed by atoms with Crippen LogP contribution in [0.2, 0.25) is 0 Å². The van der Waals surface area contributed by atoms with E-state index in [1.807, 2.05) is 24.4 Å². The van der Waals surface area contributed by atoms with E-state index in [-0.39, 0.29) is 0 Å². The molecule has 3 aromatic rings. The Balaban J connectivity index is 2.33. The van der Waals surface area contributed by atoms with Crippen LogP contribution in [0.1, 0.15) is 5.56 Å². The quantitative estimate of drug-likeness (QED) is 0.597. The van der Waals surface area contributed by atoms with Crippen LogP contribution in [0.4, 0.5) is 0 Å². The molecule has 0 aliphatic carbocycles. The third-order valence-corrected chi connectivity index (χ3v) is 2.97. The van der Waals surface area contributed by atoms with Gasteiger partial charge in [0.15, 0.2) is 0 Å². The first kappa shape index (κ1) is 10.0. The maximum absolute atomic E-state index is 4.52. The van der Waals surface area contributed by atoms with Gasteiger partial charge in [0.2, 0.25) is 0 Å². The van der Waals surface area contributed by atoms with E-state index in [2.05, 4.69) is 48.3 Å². The SMILES string of the molecule is Cc1ccc2ccnc(-c3ccccc3)c2c1. The van der Waals surface area contributed by atoms with Crippen molar-refractivity contribution >= 4 is 10.8 Å². The molecule has 0 radical (unpaired) electrons. The van der Waals surface area contributed by atoms with E-state index in [0.717, 1.165) is 5.69 Å². The molecule has 0 saturated carbocycles. The maximum Gasteiger partial charge on any atom is 0.0780 e. The van der Waals surface area contributed by atoms with E-state index in [0.29, 0.717) is 0 Å². The molecule has 1 aromatic heterocycles. The van der Waals surface area contributed by atoms with Crippen LogP contribution in [0.15, 0.2) is 60.8 Å². The molecule has 0 spiro atoms. The van der Waals surface area contributed by atoms with Crippen LogP contribution >= 0.6 is 0 Å². The Bertz CT molecular complexity index is 657. The van der Waals surface area contributed by atoms with E-state index in [1.165, 1.54) is 21.9 Å². The monoisotopic (exact) mass is 219 g/mol. The van der Waals surface area contributed by atoms with Gasteiger partial charge in [-0.15, -0.1) is 0 Å².